The predicted molar refractivity (Wildman–Crippen MR) is 131 cm³/mol. The number of carbonyl (C=O) groups is 1. The lowest BCUT2D eigenvalue weighted by molar-refractivity contribution is -0.151. The zero-order valence-corrected chi connectivity index (χ0v) is 22.0. The van der Waals surface area contributed by atoms with Crippen molar-refractivity contribution < 1.29 is 38.1 Å². The molecule has 0 aliphatic carbocycles. The molecule has 0 amide bonds. The first-order valence-corrected chi connectivity index (χ1v) is 13.1. The number of nitrogens with one attached hydrogen (secondary N) is 2. The van der Waals surface area contributed by atoms with Crippen LogP contribution >= 0.6 is 7.75 Å². The van der Waals surface area contributed by atoms with E-state index in [1.54, 1.807) is 38.1 Å². The number of aromatic nitrogens is 2. The number of para-hydroxylation sites is 1. The molecule has 15 heteroatoms. The van der Waals surface area contributed by atoms with Crippen LogP contribution in [-0.2, 0) is 29.1 Å². The number of nitriles is 1. The maximum Gasteiger partial charge on any atom is 0.459 e. The highest BCUT2D eigenvalue weighted by atomic mass is 31.2. The van der Waals surface area contributed by atoms with E-state index in [4.69, 9.17) is 18.5 Å². The Balaban J connectivity index is 1.89. The van der Waals surface area contributed by atoms with Crippen molar-refractivity contribution in [2.75, 3.05) is 6.61 Å². The molecular formula is C23H29N4O10P. The Labute approximate surface area is 217 Å². The van der Waals surface area contributed by atoms with E-state index in [9.17, 15) is 34.4 Å². The van der Waals surface area contributed by atoms with Crippen molar-refractivity contribution in [3.63, 3.8) is 0 Å². The van der Waals surface area contributed by atoms with Crippen molar-refractivity contribution >= 4 is 13.7 Å². The minimum atomic E-state index is -4.38. The summed E-state index contributed by atoms with van der Waals surface area (Å²) in [5.74, 6) is -0.611. The number of aromatic amines is 1. The molecule has 3 rings (SSSR count). The third-order valence-corrected chi connectivity index (χ3v) is 7.33. The summed E-state index contributed by atoms with van der Waals surface area (Å²) >= 11 is 0. The highest BCUT2D eigenvalue weighted by molar-refractivity contribution is 7.52. The van der Waals surface area contributed by atoms with E-state index in [0.717, 1.165) is 19.2 Å². The lowest BCUT2D eigenvalue weighted by Gasteiger charge is -2.34. The largest absolute Gasteiger partial charge is 0.462 e. The molecular weight excluding hydrogens is 523 g/mol. The normalized spacial score (nSPS) is 27.3. The maximum atomic E-state index is 13.7. The van der Waals surface area contributed by atoms with Gasteiger partial charge in [-0.1, -0.05) is 18.2 Å². The van der Waals surface area contributed by atoms with E-state index >= 15 is 0 Å². The van der Waals surface area contributed by atoms with Crippen LogP contribution < -0.4 is 20.9 Å². The van der Waals surface area contributed by atoms with Gasteiger partial charge >= 0.3 is 19.4 Å². The molecule has 1 aromatic carbocycles. The molecule has 0 spiro atoms. The first-order chi connectivity index (χ1) is 17.7. The van der Waals surface area contributed by atoms with Crippen LogP contribution in [-0.4, -0.2) is 62.3 Å². The second-order valence-corrected chi connectivity index (χ2v) is 10.7. The third-order valence-electron chi connectivity index (χ3n) is 5.69. The van der Waals surface area contributed by atoms with Crippen LogP contribution in [0.1, 0.15) is 27.7 Å². The van der Waals surface area contributed by atoms with Crippen molar-refractivity contribution in [1.82, 2.24) is 14.6 Å². The van der Waals surface area contributed by atoms with Gasteiger partial charge in [0, 0.05) is 12.3 Å². The SMILES string of the molecule is CC(C)OC(=O)[C@H](C)NP(=O)(OC[C@H]1O[C@@](C#N)(n2ccc(=O)[nH]c2=O)[C@](C)(O)[C@@H]1O)Oc1ccccc1. The molecule has 1 aliphatic rings. The standard InChI is InChI=1S/C23H29N4O10P/c1-14(2)35-20(30)15(3)26-38(33,37-16-8-6-5-7-9-16)34-12-17-19(29)22(4,32)23(13-24,36-17)27-11-10-18(28)25-21(27)31/h5-11,14-15,17,19,29,32H,12H2,1-4H3,(H,26,33)(H,25,28,31)/t15-,17+,19+,22+,23+,38?/m0/s1. The second kappa shape index (κ2) is 11.2. The summed E-state index contributed by atoms with van der Waals surface area (Å²) in [5.41, 5.74) is -6.73. The number of hydrogen-bond acceptors (Lipinski definition) is 11. The monoisotopic (exact) mass is 552 g/mol. The van der Waals surface area contributed by atoms with E-state index in [0.29, 0.717) is 4.57 Å². The summed E-state index contributed by atoms with van der Waals surface area (Å²) < 4.78 is 36.1. The zero-order valence-electron chi connectivity index (χ0n) is 21.1. The van der Waals surface area contributed by atoms with Gasteiger partial charge in [0.1, 0.15) is 30.1 Å². The Morgan fingerprint density at radius 2 is 1.95 bits per heavy atom. The molecule has 0 radical (unpaired) electrons. The highest BCUT2D eigenvalue weighted by Crippen LogP contribution is 2.48. The maximum absolute atomic E-state index is 13.7. The average Bonchev–Trinajstić information content (AvgIpc) is 3.03. The van der Waals surface area contributed by atoms with Crippen LogP contribution in [0.3, 0.4) is 0 Å². The van der Waals surface area contributed by atoms with Gasteiger partial charge in [-0.15, -0.1) is 0 Å². The molecule has 38 heavy (non-hydrogen) atoms. The van der Waals surface area contributed by atoms with E-state index in [1.807, 2.05) is 4.98 Å². The average molecular weight is 552 g/mol. The van der Waals surface area contributed by atoms with Crippen LogP contribution in [0.15, 0.2) is 52.2 Å². The number of hydrogen-bond donors (Lipinski definition) is 4. The number of rotatable bonds is 10. The molecule has 1 unspecified atom stereocenters. The quantitative estimate of drug-likeness (QED) is 0.233. The Kier molecular flexibility index (Phi) is 8.62. The highest BCUT2D eigenvalue weighted by Gasteiger charge is 2.65. The third kappa shape index (κ3) is 5.88. The molecule has 206 valence electrons. The summed E-state index contributed by atoms with van der Waals surface area (Å²) in [6.07, 6.45) is -2.87. The summed E-state index contributed by atoms with van der Waals surface area (Å²) in [4.78, 5) is 38.2. The summed E-state index contributed by atoms with van der Waals surface area (Å²) in [6, 6.07) is 9.36. The fourth-order valence-corrected chi connectivity index (χ4v) is 5.26. The van der Waals surface area contributed by atoms with Crippen LogP contribution in [0.4, 0.5) is 0 Å². The van der Waals surface area contributed by atoms with E-state index < -0.39 is 67.3 Å². The number of H-pyrrole nitrogens is 1. The van der Waals surface area contributed by atoms with E-state index in [-0.39, 0.29) is 5.75 Å². The fourth-order valence-electron chi connectivity index (χ4n) is 3.76. The summed E-state index contributed by atoms with van der Waals surface area (Å²) in [6.45, 7) is 4.99. The first-order valence-electron chi connectivity index (χ1n) is 11.5. The molecule has 1 fully saturated rings. The van der Waals surface area contributed by atoms with Gasteiger partial charge in [0.15, 0.2) is 5.60 Å². The number of benzene rings is 1. The van der Waals surface area contributed by atoms with Gasteiger partial charge in [0.2, 0.25) is 0 Å². The molecule has 4 N–H and O–H groups in total. The van der Waals surface area contributed by atoms with Crippen molar-refractivity contribution in [3.05, 3.63) is 63.4 Å². The fraction of sp³-hybridized carbons (Fsp3) is 0.478. The van der Waals surface area contributed by atoms with Crippen LogP contribution in [0.25, 0.3) is 0 Å². The zero-order chi connectivity index (χ0) is 28.3. The smallest absolute Gasteiger partial charge is 0.459 e. The second-order valence-electron chi connectivity index (χ2n) is 9.02. The van der Waals surface area contributed by atoms with Gasteiger partial charge in [-0.05, 0) is 39.8 Å². The number of esters is 1. The number of aliphatic hydroxyl groups is 2. The summed E-state index contributed by atoms with van der Waals surface area (Å²) in [7, 11) is -4.38. The Morgan fingerprint density at radius 1 is 1.29 bits per heavy atom. The molecule has 0 saturated carbocycles. The number of nitrogens with zero attached hydrogens (tertiary/aromatic N) is 2. The number of carbonyl (C=O) groups excluding carboxylic acids is 1. The van der Waals surface area contributed by atoms with Gasteiger partial charge in [0.05, 0.1) is 12.7 Å². The van der Waals surface area contributed by atoms with Crippen LogP contribution in [0.5, 0.6) is 5.75 Å². The van der Waals surface area contributed by atoms with Crippen molar-refractivity contribution in [2.45, 2.75) is 63.4 Å². The van der Waals surface area contributed by atoms with Crippen LogP contribution in [0, 0.1) is 11.3 Å². The van der Waals surface area contributed by atoms with Gasteiger partial charge < -0.3 is 24.2 Å². The van der Waals surface area contributed by atoms with Gasteiger partial charge in [-0.2, -0.15) is 10.3 Å². The topological polar surface area (TPSA) is 202 Å². The molecule has 1 aromatic heterocycles. The molecule has 0 bridgehead atoms. The predicted octanol–water partition coefficient (Wildman–Crippen LogP) is 0.357. The summed E-state index contributed by atoms with van der Waals surface area (Å²) in [5, 5.41) is 34.3. The Morgan fingerprint density at radius 3 is 2.53 bits per heavy atom. The van der Waals surface area contributed by atoms with E-state index in [2.05, 4.69) is 5.09 Å². The van der Waals surface area contributed by atoms with Gasteiger partial charge in [0.25, 0.3) is 11.3 Å². The molecule has 2 aromatic rings. The molecule has 1 aliphatic heterocycles. The molecule has 1 saturated heterocycles. The number of ether oxygens (including phenoxy) is 2. The van der Waals surface area contributed by atoms with Crippen molar-refractivity contribution in [3.8, 4) is 11.8 Å². The van der Waals surface area contributed by atoms with Gasteiger partial charge in [-0.3, -0.25) is 23.7 Å². The van der Waals surface area contributed by atoms with E-state index in [1.165, 1.54) is 19.1 Å². The molecule has 14 nitrogen and oxygen atoms in total. The van der Waals surface area contributed by atoms with Gasteiger partial charge in [-0.25, -0.2) is 9.36 Å². The minimum Gasteiger partial charge on any atom is -0.462 e. The Bertz CT molecular complexity index is 1350. The van der Waals surface area contributed by atoms with Crippen molar-refractivity contribution in [2.24, 2.45) is 0 Å². The molecule has 2 heterocycles. The first kappa shape index (κ1) is 29.2. The lowest BCUT2D eigenvalue weighted by atomic mass is 9.88. The Hall–Kier alpha value is -3.31. The molecule has 6 atom stereocenters. The number of aliphatic hydroxyl groups excluding tert-OH is 1. The van der Waals surface area contributed by atoms with Crippen molar-refractivity contribution in [1.29, 1.82) is 5.26 Å². The van der Waals surface area contributed by atoms with Crippen LogP contribution in [0.2, 0.25) is 0 Å². The lowest BCUT2D eigenvalue weighted by Crippen LogP contribution is -2.58. The minimum absolute atomic E-state index is 0.124.